The van der Waals surface area contributed by atoms with Crippen molar-refractivity contribution in [1.82, 2.24) is 4.98 Å². The number of rotatable bonds is 1. The SMILES string of the molecule is Cc1cc(CN)c2cccc(F)c2n1. The molecule has 0 spiro atoms. The van der Waals surface area contributed by atoms with Crippen molar-refractivity contribution in [2.45, 2.75) is 13.5 Å². The van der Waals surface area contributed by atoms with Crippen LogP contribution >= 0.6 is 0 Å². The second-order valence-electron chi connectivity index (χ2n) is 3.26. The summed E-state index contributed by atoms with van der Waals surface area (Å²) in [6.45, 7) is 2.24. The number of hydrogen-bond acceptors (Lipinski definition) is 2. The highest BCUT2D eigenvalue weighted by Gasteiger charge is 2.05. The molecule has 2 rings (SSSR count). The van der Waals surface area contributed by atoms with Crippen molar-refractivity contribution in [1.29, 1.82) is 0 Å². The normalized spacial score (nSPS) is 10.8. The summed E-state index contributed by atoms with van der Waals surface area (Å²) in [6.07, 6.45) is 0. The molecule has 0 atom stereocenters. The van der Waals surface area contributed by atoms with Gasteiger partial charge in [0.25, 0.3) is 0 Å². The minimum absolute atomic E-state index is 0.291. The summed E-state index contributed by atoms with van der Waals surface area (Å²) in [5.74, 6) is -0.291. The molecule has 2 nitrogen and oxygen atoms in total. The molecule has 1 aromatic carbocycles. The van der Waals surface area contributed by atoms with Gasteiger partial charge in [-0.25, -0.2) is 4.39 Å². The fourth-order valence-corrected chi connectivity index (χ4v) is 1.60. The minimum Gasteiger partial charge on any atom is -0.326 e. The first-order valence-electron chi connectivity index (χ1n) is 4.47. The van der Waals surface area contributed by atoms with E-state index in [9.17, 15) is 4.39 Å². The highest BCUT2D eigenvalue weighted by atomic mass is 19.1. The molecule has 2 N–H and O–H groups in total. The van der Waals surface area contributed by atoms with Crippen LogP contribution in [0.3, 0.4) is 0 Å². The van der Waals surface area contributed by atoms with Gasteiger partial charge in [0.15, 0.2) is 0 Å². The quantitative estimate of drug-likeness (QED) is 0.748. The van der Waals surface area contributed by atoms with Gasteiger partial charge in [0, 0.05) is 17.6 Å². The summed E-state index contributed by atoms with van der Waals surface area (Å²) in [6, 6.07) is 6.82. The van der Waals surface area contributed by atoms with Gasteiger partial charge in [-0.1, -0.05) is 12.1 Å². The van der Waals surface area contributed by atoms with Crippen LogP contribution in [-0.2, 0) is 6.54 Å². The molecule has 72 valence electrons. The second kappa shape index (κ2) is 3.35. The van der Waals surface area contributed by atoms with Crippen molar-refractivity contribution in [3.8, 4) is 0 Å². The van der Waals surface area contributed by atoms with Gasteiger partial charge in [-0.3, -0.25) is 4.98 Å². The van der Waals surface area contributed by atoms with E-state index in [-0.39, 0.29) is 5.82 Å². The molecule has 1 aromatic heterocycles. The van der Waals surface area contributed by atoms with Crippen LogP contribution < -0.4 is 5.73 Å². The number of para-hydroxylation sites is 1. The molecule has 14 heavy (non-hydrogen) atoms. The number of aryl methyl sites for hydroxylation is 1. The average molecular weight is 190 g/mol. The summed E-state index contributed by atoms with van der Waals surface area (Å²) in [5, 5.41) is 0.804. The Morgan fingerprint density at radius 1 is 1.43 bits per heavy atom. The lowest BCUT2D eigenvalue weighted by atomic mass is 10.1. The van der Waals surface area contributed by atoms with Gasteiger partial charge in [0.2, 0.25) is 0 Å². The maximum absolute atomic E-state index is 13.4. The molecule has 0 aliphatic heterocycles. The molecule has 0 aliphatic carbocycles. The van der Waals surface area contributed by atoms with Crippen LogP contribution in [-0.4, -0.2) is 4.98 Å². The smallest absolute Gasteiger partial charge is 0.149 e. The Kier molecular flexibility index (Phi) is 2.17. The number of aromatic nitrogens is 1. The zero-order chi connectivity index (χ0) is 10.1. The van der Waals surface area contributed by atoms with Crippen molar-refractivity contribution in [2.24, 2.45) is 5.73 Å². The fourth-order valence-electron chi connectivity index (χ4n) is 1.60. The van der Waals surface area contributed by atoms with E-state index in [0.717, 1.165) is 16.6 Å². The van der Waals surface area contributed by atoms with Gasteiger partial charge in [0.05, 0.1) is 0 Å². The topological polar surface area (TPSA) is 38.9 Å². The lowest BCUT2D eigenvalue weighted by molar-refractivity contribution is 0.636. The van der Waals surface area contributed by atoms with Crippen LogP contribution in [0.15, 0.2) is 24.3 Å². The predicted molar refractivity (Wildman–Crippen MR) is 54.3 cm³/mol. The number of hydrogen-bond donors (Lipinski definition) is 1. The molecular weight excluding hydrogens is 179 g/mol. The molecule has 0 saturated carbocycles. The Hall–Kier alpha value is -1.48. The first kappa shape index (κ1) is 9.09. The monoisotopic (exact) mass is 190 g/mol. The largest absolute Gasteiger partial charge is 0.326 e. The molecule has 3 heteroatoms. The zero-order valence-electron chi connectivity index (χ0n) is 7.92. The van der Waals surface area contributed by atoms with E-state index in [2.05, 4.69) is 4.98 Å². The van der Waals surface area contributed by atoms with E-state index < -0.39 is 0 Å². The van der Waals surface area contributed by atoms with Gasteiger partial charge in [0.1, 0.15) is 11.3 Å². The van der Waals surface area contributed by atoms with Crippen molar-refractivity contribution in [2.75, 3.05) is 0 Å². The number of halogens is 1. The van der Waals surface area contributed by atoms with Crippen molar-refractivity contribution < 1.29 is 4.39 Å². The number of benzene rings is 1. The Labute approximate surface area is 81.6 Å². The van der Waals surface area contributed by atoms with E-state index in [1.165, 1.54) is 6.07 Å². The third-order valence-electron chi connectivity index (χ3n) is 2.22. The highest BCUT2D eigenvalue weighted by Crippen LogP contribution is 2.20. The number of nitrogens with zero attached hydrogens (tertiary/aromatic N) is 1. The first-order valence-corrected chi connectivity index (χ1v) is 4.47. The summed E-state index contributed by atoms with van der Waals surface area (Å²) < 4.78 is 13.4. The highest BCUT2D eigenvalue weighted by molar-refractivity contribution is 5.82. The maximum Gasteiger partial charge on any atom is 0.149 e. The summed E-state index contributed by atoms with van der Waals surface area (Å²) >= 11 is 0. The molecular formula is C11H11FN2. The molecule has 1 heterocycles. The van der Waals surface area contributed by atoms with Crippen LogP contribution in [0.2, 0.25) is 0 Å². The molecule has 0 unspecified atom stereocenters. The van der Waals surface area contributed by atoms with Gasteiger partial charge < -0.3 is 5.73 Å². The molecule has 0 amide bonds. The summed E-state index contributed by atoms with van der Waals surface area (Å²) in [5.41, 5.74) is 7.73. The van der Waals surface area contributed by atoms with Crippen LogP contribution in [0.1, 0.15) is 11.3 Å². The molecule has 0 aliphatic rings. The minimum atomic E-state index is -0.291. The van der Waals surface area contributed by atoms with Crippen LogP contribution in [0.25, 0.3) is 10.9 Å². The van der Waals surface area contributed by atoms with Crippen LogP contribution in [0, 0.1) is 12.7 Å². The van der Waals surface area contributed by atoms with E-state index in [1.54, 1.807) is 6.07 Å². The Balaban J connectivity index is 2.87. The Morgan fingerprint density at radius 3 is 2.93 bits per heavy atom. The average Bonchev–Trinajstić information content (AvgIpc) is 2.18. The summed E-state index contributed by atoms with van der Waals surface area (Å²) in [7, 11) is 0. The lowest BCUT2D eigenvalue weighted by Crippen LogP contribution is -2.00. The maximum atomic E-state index is 13.4. The fraction of sp³-hybridized carbons (Fsp3) is 0.182. The van der Waals surface area contributed by atoms with Gasteiger partial charge in [-0.05, 0) is 24.6 Å². The standard InChI is InChI=1S/C11H11FN2/c1-7-5-8(6-13)9-3-2-4-10(12)11(9)14-7/h2-5H,6,13H2,1H3. The van der Waals surface area contributed by atoms with E-state index in [0.29, 0.717) is 12.1 Å². The number of pyridine rings is 1. The van der Waals surface area contributed by atoms with Gasteiger partial charge in [-0.15, -0.1) is 0 Å². The molecule has 0 fully saturated rings. The summed E-state index contributed by atoms with van der Waals surface area (Å²) in [4.78, 5) is 4.15. The Bertz CT molecular complexity index is 480. The van der Waals surface area contributed by atoms with E-state index >= 15 is 0 Å². The second-order valence-corrected chi connectivity index (χ2v) is 3.26. The lowest BCUT2D eigenvalue weighted by Gasteiger charge is -2.05. The molecule has 0 saturated heterocycles. The molecule has 2 aromatic rings. The zero-order valence-corrected chi connectivity index (χ0v) is 7.92. The van der Waals surface area contributed by atoms with Crippen LogP contribution in [0.5, 0.6) is 0 Å². The number of nitrogens with two attached hydrogens (primary N) is 1. The third-order valence-corrected chi connectivity index (χ3v) is 2.22. The van der Waals surface area contributed by atoms with Gasteiger partial charge in [-0.2, -0.15) is 0 Å². The predicted octanol–water partition coefficient (Wildman–Crippen LogP) is 2.14. The Morgan fingerprint density at radius 2 is 2.21 bits per heavy atom. The van der Waals surface area contributed by atoms with E-state index in [4.69, 9.17) is 5.73 Å². The van der Waals surface area contributed by atoms with Crippen molar-refractivity contribution in [3.05, 3.63) is 41.3 Å². The van der Waals surface area contributed by atoms with Gasteiger partial charge >= 0.3 is 0 Å². The molecule has 0 radical (unpaired) electrons. The van der Waals surface area contributed by atoms with Crippen LogP contribution in [0.4, 0.5) is 4.39 Å². The van der Waals surface area contributed by atoms with Crippen molar-refractivity contribution >= 4 is 10.9 Å². The molecule has 0 bridgehead atoms. The first-order chi connectivity index (χ1) is 6.72. The third kappa shape index (κ3) is 1.36. The number of fused-ring (bicyclic) bond motifs is 1. The van der Waals surface area contributed by atoms with Crippen molar-refractivity contribution in [3.63, 3.8) is 0 Å². The van der Waals surface area contributed by atoms with E-state index in [1.807, 2.05) is 19.1 Å².